The molecule has 1 aliphatic rings. The Morgan fingerprint density at radius 3 is 2.53 bits per heavy atom. The summed E-state index contributed by atoms with van der Waals surface area (Å²) in [6, 6.07) is 0. The van der Waals surface area contributed by atoms with E-state index in [-0.39, 0.29) is 12.2 Å². The molecule has 0 spiro atoms. The number of rotatable bonds is 3. The molecule has 1 aliphatic carbocycles. The first kappa shape index (κ1) is 15.3. The van der Waals surface area contributed by atoms with Crippen LogP contribution in [0.3, 0.4) is 0 Å². The van der Waals surface area contributed by atoms with Crippen molar-refractivity contribution in [3.63, 3.8) is 0 Å². The van der Waals surface area contributed by atoms with Crippen LogP contribution in [0.5, 0.6) is 0 Å². The highest BCUT2D eigenvalue weighted by molar-refractivity contribution is 5.92. The summed E-state index contributed by atoms with van der Waals surface area (Å²) in [5.41, 5.74) is -1.78. The highest BCUT2D eigenvalue weighted by Gasteiger charge is 2.48. The molecule has 0 amide bonds. The largest absolute Gasteiger partial charge is 0.478 e. The van der Waals surface area contributed by atoms with Crippen molar-refractivity contribution in [2.45, 2.75) is 39.8 Å². The third-order valence-corrected chi connectivity index (χ3v) is 3.48. The number of carbonyl (C=O) groups excluding carboxylic acids is 1. The van der Waals surface area contributed by atoms with E-state index in [1.807, 2.05) is 0 Å². The Labute approximate surface area is 112 Å². The van der Waals surface area contributed by atoms with Crippen molar-refractivity contribution >= 4 is 11.8 Å². The van der Waals surface area contributed by atoms with Gasteiger partial charge in [0, 0.05) is 17.9 Å². The molecular formula is C15H19FO3. The van der Waals surface area contributed by atoms with E-state index in [0.29, 0.717) is 11.1 Å². The molecule has 0 fully saturated rings. The van der Waals surface area contributed by atoms with Crippen LogP contribution in [0.25, 0.3) is 0 Å². The molecule has 0 heterocycles. The maximum atomic E-state index is 15.1. The van der Waals surface area contributed by atoms with Gasteiger partial charge in [-0.3, -0.25) is 4.79 Å². The Bertz CT molecular complexity index is 498. The molecule has 0 saturated carbocycles. The van der Waals surface area contributed by atoms with Gasteiger partial charge in [0.1, 0.15) is 0 Å². The maximum absolute atomic E-state index is 15.1. The fourth-order valence-corrected chi connectivity index (χ4v) is 2.34. The van der Waals surface area contributed by atoms with Crippen molar-refractivity contribution in [2.75, 3.05) is 0 Å². The third-order valence-electron chi connectivity index (χ3n) is 3.48. The van der Waals surface area contributed by atoms with Crippen molar-refractivity contribution in [1.82, 2.24) is 0 Å². The quantitative estimate of drug-likeness (QED) is 0.630. The van der Waals surface area contributed by atoms with Gasteiger partial charge in [-0.25, -0.2) is 9.18 Å². The molecule has 4 heteroatoms. The second-order valence-corrected chi connectivity index (χ2v) is 5.63. The van der Waals surface area contributed by atoms with Crippen LogP contribution >= 0.6 is 0 Å². The smallest absolute Gasteiger partial charge is 0.328 e. The average Bonchev–Trinajstić information content (AvgIpc) is 2.21. The number of halogens is 1. The Hall–Kier alpha value is -1.71. The number of hydrogen-bond acceptors (Lipinski definition) is 2. The van der Waals surface area contributed by atoms with Crippen LogP contribution < -0.4 is 0 Å². The Kier molecular flexibility index (Phi) is 4.13. The van der Waals surface area contributed by atoms with E-state index in [0.717, 1.165) is 6.08 Å². The van der Waals surface area contributed by atoms with E-state index in [1.165, 1.54) is 18.2 Å². The monoisotopic (exact) mass is 266 g/mol. The second kappa shape index (κ2) is 5.11. The number of hydrogen-bond donors (Lipinski definition) is 1. The number of aliphatic carboxylic acids is 1. The van der Waals surface area contributed by atoms with Crippen LogP contribution in [0.1, 0.15) is 34.1 Å². The maximum Gasteiger partial charge on any atom is 0.328 e. The molecule has 1 N–H and O–H groups in total. The van der Waals surface area contributed by atoms with E-state index in [1.54, 1.807) is 27.7 Å². The predicted molar refractivity (Wildman–Crippen MR) is 71.5 cm³/mol. The van der Waals surface area contributed by atoms with Crippen molar-refractivity contribution in [1.29, 1.82) is 0 Å². The number of carboxylic acid groups (broad SMARTS) is 1. The normalized spacial score (nSPS) is 27.5. The van der Waals surface area contributed by atoms with Crippen LogP contribution in [0, 0.1) is 5.41 Å². The number of alkyl halides is 1. The third kappa shape index (κ3) is 3.19. The van der Waals surface area contributed by atoms with Gasteiger partial charge >= 0.3 is 5.97 Å². The summed E-state index contributed by atoms with van der Waals surface area (Å²) in [4.78, 5) is 22.0. The first-order valence-corrected chi connectivity index (χ1v) is 6.09. The van der Waals surface area contributed by atoms with Gasteiger partial charge in [0.2, 0.25) is 0 Å². The fourth-order valence-electron chi connectivity index (χ4n) is 2.34. The van der Waals surface area contributed by atoms with Gasteiger partial charge in [0.05, 0.1) is 0 Å². The Balaban J connectivity index is 3.15. The summed E-state index contributed by atoms with van der Waals surface area (Å²) < 4.78 is 15.1. The molecule has 1 rings (SSSR count). The molecule has 0 aromatic carbocycles. The molecule has 104 valence electrons. The molecular weight excluding hydrogens is 247 g/mol. The van der Waals surface area contributed by atoms with Crippen LogP contribution in [-0.4, -0.2) is 22.5 Å². The first-order valence-electron chi connectivity index (χ1n) is 6.09. The van der Waals surface area contributed by atoms with E-state index < -0.39 is 17.1 Å². The topological polar surface area (TPSA) is 54.4 Å². The van der Waals surface area contributed by atoms with Gasteiger partial charge in [0.15, 0.2) is 11.5 Å². The summed E-state index contributed by atoms with van der Waals surface area (Å²) in [5.74, 6) is -1.15. The molecule has 0 aliphatic heterocycles. The molecule has 0 aromatic rings. The highest BCUT2D eigenvalue weighted by atomic mass is 19.1. The molecule has 0 aromatic heterocycles. The summed E-state index contributed by atoms with van der Waals surface area (Å²) in [6.45, 7) is 6.57. The Morgan fingerprint density at radius 1 is 1.47 bits per heavy atom. The lowest BCUT2D eigenvalue weighted by atomic mass is 9.66. The minimum atomic E-state index is -1.74. The fraction of sp³-hybridized carbons (Fsp3) is 0.467. The van der Waals surface area contributed by atoms with Gasteiger partial charge in [-0.1, -0.05) is 19.9 Å². The first-order chi connectivity index (χ1) is 8.58. The lowest BCUT2D eigenvalue weighted by Gasteiger charge is -2.41. The standard InChI is InChI=1S/C15H19FO3/c1-10(7-13(18)19)5-6-15(16)11(2)8-12(17)9-14(15,3)4/h5-8H,9H2,1-4H3,(H,18,19)/b6-5+,10-7-/t15-/m0/s1. The van der Waals surface area contributed by atoms with Crippen molar-refractivity contribution in [2.24, 2.45) is 5.41 Å². The highest BCUT2D eigenvalue weighted by Crippen LogP contribution is 2.47. The molecule has 19 heavy (non-hydrogen) atoms. The number of ketones is 1. The molecule has 3 nitrogen and oxygen atoms in total. The predicted octanol–water partition coefficient (Wildman–Crippen LogP) is 3.23. The molecule has 0 bridgehead atoms. The van der Waals surface area contributed by atoms with Gasteiger partial charge in [0.25, 0.3) is 0 Å². The van der Waals surface area contributed by atoms with Gasteiger partial charge in [-0.15, -0.1) is 0 Å². The zero-order valence-corrected chi connectivity index (χ0v) is 11.7. The zero-order chi connectivity index (χ0) is 14.8. The number of carboxylic acids is 1. The molecule has 0 radical (unpaired) electrons. The Morgan fingerprint density at radius 2 is 2.05 bits per heavy atom. The second-order valence-electron chi connectivity index (χ2n) is 5.63. The van der Waals surface area contributed by atoms with E-state index >= 15 is 4.39 Å². The minimum Gasteiger partial charge on any atom is -0.478 e. The van der Waals surface area contributed by atoms with Crippen molar-refractivity contribution < 1.29 is 19.1 Å². The number of carbonyl (C=O) groups is 2. The van der Waals surface area contributed by atoms with E-state index in [9.17, 15) is 9.59 Å². The summed E-state index contributed by atoms with van der Waals surface area (Å²) in [5, 5.41) is 8.61. The lowest BCUT2D eigenvalue weighted by molar-refractivity contribution is -0.131. The van der Waals surface area contributed by atoms with Gasteiger partial charge in [-0.05, 0) is 37.1 Å². The van der Waals surface area contributed by atoms with Crippen LogP contribution in [0.15, 0.2) is 35.5 Å². The lowest BCUT2D eigenvalue weighted by Crippen LogP contribution is -2.44. The molecule has 0 unspecified atom stereocenters. The van der Waals surface area contributed by atoms with Crippen LogP contribution in [0.4, 0.5) is 4.39 Å². The van der Waals surface area contributed by atoms with E-state index in [4.69, 9.17) is 5.11 Å². The summed E-state index contributed by atoms with van der Waals surface area (Å²) in [6.07, 6.45) is 5.27. The SMILES string of the molecule is CC1=CC(=O)CC(C)(C)[C@]1(F)/C=C/C(C)=C\C(=O)O. The van der Waals surface area contributed by atoms with Crippen molar-refractivity contribution in [3.05, 3.63) is 35.5 Å². The van der Waals surface area contributed by atoms with Gasteiger partial charge < -0.3 is 5.11 Å². The van der Waals surface area contributed by atoms with E-state index in [2.05, 4.69) is 0 Å². The molecule has 0 saturated heterocycles. The van der Waals surface area contributed by atoms with Crippen molar-refractivity contribution in [3.8, 4) is 0 Å². The number of allylic oxidation sites excluding steroid dienone is 5. The summed E-state index contributed by atoms with van der Waals surface area (Å²) in [7, 11) is 0. The van der Waals surface area contributed by atoms with Crippen LogP contribution in [0.2, 0.25) is 0 Å². The van der Waals surface area contributed by atoms with Crippen LogP contribution in [-0.2, 0) is 9.59 Å². The molecule has 1 atom stereocenters. The van der Waals surface area contributed by atoms with Gasteiger partial charge in [-0.2, -0.15) is 0 Å². The summed E-state index contributed by atoms with van der Waals surface area (Å²) >= 11 is 0. The average molecular weight is 266 g/mol. The zero-order valence-electron chi connectivity index (χ0n) is 11.7. The minimum absolute atomic E-state index is 0.0815.